The third-order valence-corrected chi connectivity index (χ3v) is 9.40. The molecule has 1 aliphatic heterocycles. The zero-order valence-corrected chi connectivity index (χ0v) is 22.9. The van der Waals surface area contributed by atoms with Crippen LogP contribution in [0.3, 0.4) is 0 Å². The number of aliphatic hydroxyl groups is 1. The van der Waals surface area contributed by atoms with Crippen LogP contribution in [0.1, 0.15) is 47.1 Å². The molecule has 3 aromatic carbocycles. The largest absolute Gasteiger partial charge is 0.416 e. The molecule has 0 bridgehead atoms. The maximum atomic E-state index is 14.9. The molecule has 2 N–H and O–H groups in total. The third kappa shape index (κ3) is 6.26. The van der Waals surface area contributed by atoms with Gasteiger partial charge in [-0.3, -0.25) is 4.79 Å². The van der Waals surface area contributed by atoms with Gasteiger partial charge in [0.2, 0.25) is 5.60 Å². The Hall–Kier alpha value is -3.89. The SMILES string of the molecule is O=C(Nc1ccc2c(c1)CCS2(=O)=O)C(O)(C#Cc1cccc(C(F)(F)F)c1)CC1(c2cc(C(F)(F)F)ccc2F)CC1. The molecule has 2 aliphatic rings. The van der Waals surface area contributed by atoms with Crippen molar-refractivity contribution in [2.24, 2.45) is 0 Å². The van der Waals surface area contributed by atoms with Crippen LogP contribution in [-0.4, -0.2) is 30.8 Å². The molecule has 1 unspecified atom stereocenters. The van der Waals surface area contributed by atoms with Gasteiger partial charge in [0.15, 0.2) is 9.84 Å². The monoisotopic (exact) mass is 625 g/mol. The van der Waals surface area contributed by atoms with E-state index in [2.05, 4.69) is 17.2 Å². The average Bonchev–Trinajstić information content (AvgIpc) is 3.63. The quantitative estimate of drug-likeness (QED) is 0.268. The van der Waals surface area contributed by atoms with E-state index in [0.29, 0.717) is 29.8 Å². The third-order valence-electron chi connectivity index (χ3n) is 7.59. The summed E-state index contributed by atoms with van der Waals surface area (Å²) in [5.41, 5.74) is -6.40. The average molecular weight is 626 g/mol. The molecule has 5 nitrogen and oxygen atoms in total. The lowest BCUT2D eigenvalue weighted by molar-refractivity contribution is -0.138. The highest BCUT2D eigenvalue weighted by atomic mass is 32.2. The predicted octanol–water partition coefficient (Wildman–Crippen LogP) is 6.04. The van der Waals surface area contributed by atoms with Gasteiger partial charge >= 0.3 is 12.4 Å². The standard InChI is InChI=1S/C30H22F7NO4S/c31-24-6-4-21(30(35,36)37)16-23(24)27(11-12-27)17-28(40,10-8-18-2-1-3-20(14-18)29(32,33)34)26(39)38-22-5-7-25-19(15-22)9-13-43(25,41)42/h1-7,14-16,40H,9,11-13,17H2,(H,38,39). The van der Waals surface area contributed by atoms with Crippen LogP contribution in [0.15, 0.2) is 65.6 Å². The summed E-state index contributed by atoms with van der Waals surface area (Å²) in [6, 6.07) is 9.55. The number of alkyl halides is 6. The van der Waals surface area contributed by atoms with Crippen molar-refractivity contribution in [1.29, 1.82) is 0 Å². The molecular weight excluding hydrogens is 603 g/mol. The molecule has 0 spiro atoms. The summed E-state index contributed by atoms with van der Waals surface area (Å²) in [6.07, 6.45) is -9.79. The van der Waals surface area contributed by atoms with E-state index in [1.807, 2.05) is 0 Å². The van der Waals surface area contributed by atoms with Crippen LogP contribution in [0.25, 0.3) is 0 Å². The van der Waals surface area contributed by atoms with Crippen LogP contribution in [0, 0.1) is 17.7 Å². The first-order chi connectivity index (χ1) is 19.9. The molecule has 1 saturated carbocycles. The Balaban J connectivity index is 1.53. The van der Waals surface area contributed by atoms with E-state index in [1.165, 1.54) is 24.3 Å². The summed E-state index contributed by atoms with van der Waals surface area (Å²) in [4.78, 5) is 13.6. The number of amides is 1. The number of nitrogens with one attached hydrogen (secondary N) is 1. The van der Waals surface area contributed by atoms with Crippen molar-refractivity contribution >= 4 is 21.4 Å². The first-order valence-corrected chi connectivity index (χ1v) is 14.5. The van der Waals surface area contributed by atoms with Gasteiger partial charge in [-0.2, -0.15) is 26.3 Å². The van der Waals surface area contributed by atoms with Crippen molar-refractivity contribution in [1.82, 2.24) is 0 Å². The number of fused-ring (bicyclic) bond motifs is 1. The van der Waals surface area contributed by atoms with Crippen LogP contribution in [0.4, 0.5) is 36.4 Å². The zero-order valence-electron chi connectivity index (χ0n) is 22.0. The normalized spacial score (nSPS) is 18.1. The van der Waals surface area contributed by atoms with Crippen LogP contribution in [0.2, 0.25) is 0 Å². The van der Waals surface area contributed by atoms with Gasteiger partial charge in [0.1, 0.15) is 5.82 Å². The summed E-state index contributed by atoms with van der Waals surface area (Å²) >= 11 is 0. The number of aryl methyl sites for hydroxylation is 1. The van der Waals surface area contributed by atoms with Crippen LogP contribution < -0.4 is 5.32 Å². The highest BCUT2D eigenvalue weighted by molar-refractivity contribution is 7.91. The minimum absolute atomic E-state index is 0.0789. The highest BCUT2D eigenvalue weighted by Crippen LogP contribution is 2.55. The number of carbonyl (C=O) groups is 1. The summed E-state index contributed by atoms with van der Waals surface area (Å²) in [6.45, 7) is 0. The van der Waals surface area contributed by atoms with Gasteiger partial charge in [0, 0.05) is 23.1 Å². The van der Waals surface area contributed by atoms with Gasteiger partial charge in [0.25, 0.3) is 5.91 Å². The van der Waals surface area contributed by atoms with Crippen LogP contribution in [0.5, 0.6) is 0 Å². The van der Waals surface area contributed by atoms with E-state index in [9.17, 15) is 49.1 Å². The Morgan fingerprint density at radius 3 is 2.26 bits per heavy atom. The molecule has 1 amide bonds. The van der Waals surface area contributed by atoms with E-state index in [0.717, 1.165) is 12.1 Å². The number of anilines is 1. The van der Waals surface area contributed by atoms with Crippen molar-refractivity contribution in [2.75, 3.05) is 11.1 Å². The zero-order chi connectivity index (χ0) is 31.4. The first kappa shape index (κ1) is 30.6. The van der Waals surface area contributed by atoms with E-state index in [1.54, 1.807) is 0 Å². The Morgan fingerprint density at radius 2 is 1.60 bits per heavy atom. The van der Waals surface area contributed by atoms with Crippen LogP contribution >= 0.6 is 0 Å². The molecule has 13 heteroatoms. The Labute approximate surface area is 241 Å². The van der Waals surface area contributed by atoms with Gasteiger partial charge in [0.05, 0.1) is 21.8 Å². The van der Waals surface area contributed by atoms with Gasteiger partial charge in [-0.1, -0.05) is 17.9 Å². The number of halogens is 7. The van der Waals surface area contributed by atoms with Crippen LogP contribution in [-0.2, 0) is 38.8 Å². The second kappa shape index (κ2) is 10.4. The second-order valence-electron chi connectivity index (χ2n) is 10.7. The highest BCUT2D eigenvalue weighted by Gasteiger charge is 2.54. The molecule has 1 heterocycles. The Bertz CT molecular complexity index is 1780. The fraction of sp³-hybridized carbons (Fsp3) is 0.300. The maximum Gasteiger partial charge on any atom is 0.416 e. The second-order valence-corrected chi connectivity index (χ2v) is 12.8. The van der Waals surface area contributed by atoms with Gasteiger partial charge < -0.3 is 10.4 Å². The number of sulfone groups is 1. The van der Waals surface area contributed by atoms with E-state index in [4.69, 9.17) is 0 Å². The first-order valence-electron chi connectivity index (χ1n) is 12.9. The smallest absolute Gasteiger partial charge is 0.369 e. The Kier molecular flexibility index (Phi) is 7.38. The molecule has 1 fully saturated rings. The van der Waals surface area contributed by atoms with E-state index >= 15 is 0 Å². The topological polar surface area (TPSA) is 83.5 Å². The molecular formula is C30H22F7NO4S. The van der Waals surface area contributed by atoms with Crippen molar-refractivity contribution in [3.05, 3.63) is 94.3 Å². The van der Waals surface area contributed by atoms with Crippen molar-refractivity contribution in [2.45, 2.75) is 53.9 Å². The molecule has 0 saturated heterocycles. The Morgan fingerprint density at radius 1 is 0.930 bits per heavy atom. The lowest BCUT2D eigenvalue weighted by Gasteiger charge is -2.28. The van der Waals surface area contributed by atoms with Crippen molar-refractivity contribution in [3.63, 3.8) is 0 Å². The summed E-state index contributed by atoms with van der Waals surface area (Å²) in [5, 5.41) is 14.0. The molecule has 226 valence electrons. The molecule has 5 rings (SSSR count). The molecule has 3 aromatic rings. The molecule has 1 atom stereocenters. The van der Waals surface area contributed by atoms with E-state index < -0.39 is 62.5 Å². The molecule has 0 radical (unpaired) electrons. The number of hydrogen-bond donors (Lipinski definition) is 2. The summed E-state index contributed by atoms with van der Waals surface area (Å²) < 4.78 is 119. The van der Waals surface area contributed by atoms with Gasteiger partial charge in [-0.05, 0) is 85.0 Å². The van der Waals surface area contributed by atoms with Crippen molar-refractivity contribution in [3.8, 4) is 11.8 Å². The fourth-order valence-corrected chi connectivity index (χ4v) is 6.71. The molecule has 0 aromatic heterocycles. The van der Waals surface area contributed by atoms with Gasteiger partial charge in [-0.15, -0.1) is 0 Å². The molecule has 1 aliphatic carbocycles. The predicted molar refractivity (Wildman–Crippen MR) is 141 cm³/mol. The summed E-state index contributed by atoms with van der Waals surface area (Å²) in [7, 11) is -3.48. The lowest BCUT2D eigenvalue weighted by Crippen LogP contribution is -2.44. The number of hydrogen-bond acceptors (Lipinski definition) is 4. The minimum Gasteiger partial charge on any atom is -0.369 e. The minimum atomic E-state index is -4.80. The lowest BCUT2D eigenvalue weighted by atomic mass is 9.81. The van der Waals surface area contributed by atoms with E-state index in [-0.39, 0.29) is 46.7 Å². The number of rotatable bonds is 5. The van der Waals surface area contributed by atoms with Gasteiger partial charge in [-0.25, -0.2) is 12.8 Å². The molecule has 43 heavy (non-hydrogen) atoms. The number of benzene rings is 3. The summed E-state index contributed by atoms with van der Waals surface area (Å²) in [5.74, 6) is 2.36. The van der Waals surface area contributed by atoms with Crippen molar-refractivity contribution < 1.29 is 49.1 Å². The maximum absolute atomic E-state index is 14.9. The fourth-order valence-electron chi connectivity index (χ4n) is 5.16. The number of carbonyl (C=O) groups excluding carboxylic acids is 1.